The fourth-order valence-corrected chi connectivity index (χ4v) is 3.73. The molecule has 0 aliphatic carbocycles. The normalized spacial score (nSPS) is 10.8. The summed E-state index contributed by atoms with van der Waals surface area (Å²) in [5.41, 5.74) is 4.92. The quantitative estimate of drug-likeness (QED) is 0.160. The van der Waals surface area contributed by atoms with Gasteiger partial charge in [-0.25, -0.2) is 9.13 Å². The van der Waals surface area contributed by atoms with E-state index in [1.54, 1.807) is 36.7 Å². The van der Waals surface area contributed by atoms with Crippen LogP contribution in [-0.4, -0.2) is 12.4 Å². The smallest absolute Gasteiger partial charge is 0.169 e. The Bertz CT molecular complexity index is 1390. The molecule has 2 aromatic heterocycles. The summed E-state index contributed by atoms with van der Waals surface area (Å²) in [6.45, 7) is 2.41. The topological polar surface area (TPSA) is 98.5 Å². The van der Waals surface area contributed by atoms with Crippen molar-refractivity contribution in [2.75, 3.05) is 0 Å². The lowest BCUT2D eigenvalue weighted by Crippen LogP contribution is -2.38. The van der Waals surface area contributed by atoms with Gasteiger partial charge in [0.05, 0.1) is 42.1 Å². The summed E-state index contributed by atoms with van der Waals surface area (Å²) in [7, 11) is 0. The van der Waals surface area contributed by atoms with E-state index >= 15 is 0 Å². The molecule has 0 saturated carbocycles. The van der Waals surface area contributed by atoms with Crippen LogP contribution in [0.15, 0.2) is 108 Å². The lowest BCUT2D eigenvalue weighted by molar-refractivity contribution is -0.726. The van der Waals surface area contributed by atoms with E-state index in [1.807, 2.05) is 73.3 Å². The number of benzene rings is 2. The number of aromatic nitrogens is 2. The lowest BCUT2D eigenvalue weighted by atomic mass is 10.1. The van der Waals surface area contributed by atoms with Gasteiger partial charge in [0.15, 0.2) is 37.9 Å². The first-order valence-corrected chi connectivity index (χ1v) is 12.5. The van der Waals surface area contributed by atoms with E-state index < -0.39 is 0 Å². The van der Waals surface area contributed by atoms with Crippen molar-refractivity contribution in [2.45, 2.75) is 32.7 Å². The van der Waals surface area contributed by atoms with E-state index in [4.69, 9.17) is 20.2 Å². The van der Waals surface area contributed by atoms with Crippen molar-refractivity contribution in [1.82, 2.24) is 0 Å². The number of aryl methyl sites for hydroxylation is 2. The van der Waals surface area contributed by atoms with Crippen molar-refractivity contribution in [3.63, 3.8) is 0 Å². The number of oxime groups is 2. The molecule has 0 aliphatic rings. The molecule has 0 N–H and O–H groups in total. The molecule has 0 aliphatic heterocycles. The molecule has 0 spiro atoms. The third kappa shape index (κ3) is 8.92. The Morgan fingerprint density at radius 2 is 1.08 bits per heavy atom. The first-order chi connectivity index (χ1) is 19.2. The summed E-state index contributed by atoms with van der Waals surface area (Å²) < 4.78 is 4.27. The molecule has 2 aromatic carbocycles. The summed E-state index contributed by atoms with van der Waals surface area (Å²) in [5.74, 6) is 0. The minimum absolute atomic E-state index is 0.317. The van der Waals surface area contributed by atoms with Crippen LogP contribution in [0.1, 0.15) is 39.8 Å². The van der Waals surface area contributed by atoms with Gasteiger partial charge in [0.1, 0.15) is 13.2 Å². The van der Waals surface area contributed by atoms with E-state index in [-0.39, 0.29) is 0 Å². The number of nitrogens with zero attached hydrogens (tertiary/aromatic N) is 6. The number of hydrogen-bond acceptors (Lipinski definition) is 6. The van der Waals surface area contributed by atoms with Gasteiger partial charge in [-0.05, 0) is 35.4 Å². The fraction of sp³-hybridized carbons (Fsp3) is 0.161. The van der Waals surface area contributed by atoms with Crippen LogP contribution in [0.4, 0.5) is 0 Å². The summed E-state index contributed by atoms with van der Waals surface area (Å²) in [5, 5.41) is 26.0. The highest BCUT2D eigenvalue weighted by atomic mass is 16.6. The van der Waals surface area contributed by atoms with Gasteiger partial charge in [0, 0.05) is 35.4 Å². The average molecular weight is 517 g/mol. The van der Waals surface area contributed by atoms with Crippen LogP contribution in [0.2, 0.25) is 0 Å². The minimum Gasteiger partial charge on any atom is -0.391 e. The first kappa shape index (κ1) is 26.7. The molecule has 0 atom stereocenters. The molecule has 2 heterocycles. The van der Waals surface area contributed by atoms with Gasteiger partial charge in [-0.2, -0.15) is 10.5 Å². The van der Waals surface area contributed by atoms with E-state index in [2.05, 4.69) is 31.6 Å². The van der Waals surface area contributed by atoms with E-state index in [0.717, 1.165) is 41.8 Å². The van der Waals surface area contributed by atoms with E-state index in [0.29, 0.717) is 24.3 Å². The molecular weight excluding hydrogens is 488 g/mol. The maximum absolute atomic E-state index is 8.96. The Morgan fingerprint density at radius 3 is 1.49 bits per heavy atom. The van der Waals surface area contributed by atoms with E-state index in [9.17, 15) is 0 Å². The van der Waals surface area contributed by atoms with Crippen LogP contribution in [0.5, 0.6) is 0 Å². The second kappa shape index (κ2) is 14.4. The number of nitriles is 2. The predicted molar refractivity (Wildman–Crippen MR) is 145 cm³/mol. The van der Waals surface area contributed by atoms with Gasteiger partial charge in [0.2, 0.25) is 0 Å². The van der Waals surface area contributed by atoms with Crippen molar-refractivity contribution >= 4 is 12.4 Å². The standard InChI is InChI=1S/C31H28N6O2/c32-20-28-4-1-6-30(18-28)24-38-34-22-26-8-14-36(15-9-26)12-3-13-37-16-10-27(11-17-37)23-35-39-25-31-7-2-5-29(19-31)21-33/h1-2,4-11,14-19,22-23H,3,12-13,24-25H2/q+2/b34-22+,35-23+. The zero-order valence-electron chi connectivity index (χ0n) is 21.4. The molecule has 0 unspecified atom stereocenters. The Balaban J connectivity index is 1.15. The average Bonchev–Trinajstić information content (AvgIpc) is 2.99. The molecule has 8 nitrogen and oxygen atoms in total. The molecule has 4 aromatic rings. The third-order valence-electron chi connectivity index (χ3n) is 5.79. The molecule has 192 valence electrons. The highest BCUT2D eigenvalue weighted by Gasteiger charge is 2.05. The second-order valence-electron chi connectivity index (χ2n) is 8.73. The number of pyridine rings is 2. The zero-order chi connectivity index (χ0) is 27.1. The minimum atomic E-state index is 0.317. The van der Waals surface area contributed by atoms with Crippen molar-refractivity contribution in [1.29, 1.82) is 10.5 Å². The van der Waals surface area contributed by atoms with Gasteiger partial charge >= 0.3 is 0 Å². The molecule has 4 rings (SSSR count). The van der Waals surface area contributed by atoms with Crippen LogP contribution >= 0.6 is 0 Å². The SMILES string of the molecule is N#Cc1cccc(CO/N=C/c2cc[n+](CCC[n+]3ccc(/C=N/OCc4cccc(C#N)c4)cc3)cc2)c1. The van der Waals surface area contributed by atoms with Crippen molar-refractivity contribution in [3.8, 4) is 12.1 Å². The maximum atomic E-state index is 8.96. The first-order valence-electron chi connectivity index (χ1n) is 12.5. The van der Waals surface area contributed by atoms with Crippen LogP contribution in [0, 0.1) is 22.7 Å². The largest absolute Gasteiger partial charge is 0.391 e. The molecule has 0 radical (unpaired) electrons. The van der Waals surface area contributed by atoms with Gasteiger partial charge in [0.25, 0.3) is 0 Å². The summed E-state index contributed by atoms with van der Waals surface area (Å²) in [6.07, 6.45) is 12.4. The third-order valence-corrected chi connectivity index (χ3v) is 5.79. The van der Waals surface area contributed by atoms with Crippen LogP contribution in [0.3, 0.4) is 0 Å². The molecule has 0 amide bonds. The van der Waals surface area contributed by atoms with Gasteiger partial charge in [-0.3, -0.25) is 0 Å². The Labute approximate surface area is 227 Å². The second-order valence-corrected chi connectivity index (χ2v) is 8.73. The highest BCUT2D eigenvalue weighted by Crippen LogP contribution is 2.07. The van der Waals surface area contributed by atoms with Crippen LogP contribution < -0.4 is 9.13 Å². The monoisotopic (exact) mass is 516 g/mol. The van der Waals surface area contributed by atoms with Gasteiger partial charge in [-0.15, -0.1) is 0 Å². The molecule has 0 bridgehead atoms. The van der Waals surface area contributed by atoms with Crippen molar-refractivity contribution in [2.24, 2.45) is 10.3 Å². The molecule has 0 saturated heterocycles. The van der Waals surface area contributed by atoms with Crippen LogP contribution in [0.25, 0.3) is 0 Å². The Kier molecular flexibility index (Phi) is 9.87. The fourth-order valence-electron chi connectivity index (χ4n) is 3.73. The molecule has 8 heteroatoms. The number of rotatable bonds is 12. The van der Waals surface area contributed by atoms with Crippen molar-refractivity contribution < 1.29 is 18.8 Å². The Morgan fingerprint density at radius 1 is 0.641 bits per heavy atom. The molecule has 0 fully saturated rings. The summed E-state index contributed by atoms with van der Waals surface area (Å²) in [6, 6.07) is 26.8. The summed E-state index contributed by atoms with van der Waals surface area (Å²) in [4.78, 5) is 10.7. The summed E-state index contributed by atoms with van der Waals surface area (Å²) >= 11 is 0. The Hall–Kier alpha value is -5.34. The predicted octanol–water partition coefficient (Wildman–Crippen LogP) is 4.20. The van der Waals surface area contributed by atoms with Crippen LogP contribution in [-0.2, 0) is 36.0 Å². The number of hydrogen-bond donors (Lipinski definition) is 0. The van der Waals surface area contributed by atoms with Gasteiger partial charge in [-0.1, -0.05) is 34.6 Å². The maximum Gasteiger partial charge on any atom is 0.169 e. The van der Waals surface area contributed by atoms with Crippen molar-refractivity contribution in [3.05, 3.63) is 131 Å². The zero-order valence-corrected chi connectivity index (χ0v) is 21.4. The van der Waals surface area contributed by atoms with Gasteiger partial charge < -0.3 is 9.68 Å². The molecular formula is C31H28N6O2+2. The highest BCUT2D eigenvalue weighted by molar-refractivity contribution is 5.78. The van der Waals surface area contributed by atoms with E-state index in [1.165, 1.54) is 0 Å². The lowest BCUT2D eigenvalue weighted by Gasteiger charge is -2.00. The molecule has 39 heavy (non-hydrogen) atoms.